The topological polar surface area (TPSA) is 344 Å². The van der Waals surface area contributed by atoms with E-state index in [-0.39, 0.29) is 109 Å². The molecule has 0 amide bonds. The van der Waals surface area contributed by atoms with Crippen LogP contribution in [0.5, 0.6) is 97.7 Å². The minimum Gasteiger partial charge on any atom is -0.508 e. The lowest BCUT2D eigenvalue weighted by Gasteiger charge is -2.26. The monoisotopic (exact) mass is 1560 g/mol. The molecule has 17 N–H and O–H groups in total. The fourth-order valence-electron chi connectivity index (χ4n) is 10.4. The van der Waals surface area contributed by atoms with E-state index in [1.54, 1.807) is 122 Å². The molecule has 586 valence electrons. The summed E-state index contributed by atoms with van der Waals surface area (Å²) in [6.07, 6.45) is 3.94. The van der Waals surface area contributed by atoms with E-state index in [0.29, 0.717) is 5.02 Å². The van der Waals surface area contributed by atoms with Crippen molar-refractivity contribution in [3.8, 4) is 131 Å². The zero-order valence-electron chi connectivity index (χ0n) is 63.7. The van der Waals surface area contributed by atoms with Crippen LogP contribution in [-0.2, 0) is 23.7 Å². The molecule has 0 bridgehead atoms. The Bertz CT molecular complexity index is 4790. The second kappa shape index (κ2) is 43.9. The Morgan fingerprint density at radius 2 is 0.598 bits per heavy atom. The second-order valence-electron chi connectivity index (χ2n) is 27.3. The Balaban J connectivity index is 0.000000227. The van der Waals surface area contributed by atoms with Crippen LogP contribution in [0.15, 0.2) is 279 Å². The first-order valence-electron chi connectivity index (χ1n) is 35.5. The van der Waals surface area contributed by atoms with Crippen LogP contribution in [0.25, 0.3) is 33.4 Å². The van der Waals surface area contributed by atoms with Gasteiger partial charge in [-0.15, -0.1) is 0 Å². The molecule has 0 aliphatic heterocycles. The van der Waals surface area contributed by atoms with Gasteiger partial charge in [0.25, 0.3) is 0 Å². The van der Waals surface area contributed by atoms with Gasteiger partial charge in [0.05, 0.1) is 5.02 Å². The Morgan fingerprint density at radius 3 is 0.964 bits per heavy atom. The molecule has 0 saturated heterocycles. The van der Waals surface area contributed by atoms with Gasteiger partial charge in [0.1, 0.15) is 97.7 Å². The molecular formula is C93H98Cl2O17. The third-order valence-electron chi connectivity index (χ3n) is 16.4. The number of hydrogen-bond acceptors (Lipinski definition) is 17. The average Bonchev–Trinajstić information content (AvgIpc) is 0.797. The maximum absolute atomic E-state index is 9.54. The summed E-state index contributed by atoms with van der Waals surface area (Å²) in [5.74, 6) is 2.05. The number of rotatable bonds is 9. The molecule has 0 radical (unpaired) electrons. The Morgan fingerprint density at radius 1 is 0.259 bits per heavy atom. The van der Waals surface area contributed by atoms with Crippen molar-refractivity contribution in [2.24, 2.45) is 0 Å². The van der Waals surface area contributed by atoms with Gasteiger partial charge in [-0.2, -0.15) is 0 Å². The minimum atomic E-state index is -0.252. The van der Waals surface area contributed by atoms with Gasteiger partial charge < -0.3 is 86.8 Å². The summed E-state index contributed by atoms with van der Waals surface area (Å²) in [4.78, 5) is 0. The highest BCUT2D eigenvalue weighted by molar-refractivity contribution is 6.32. The molecule has 0 aliphatic rings. The molecule has 0 saturated carbocycles. The van der Waals surface area contributed by atoms with E-state index in [1.165, 1.54) is 54.6 Å². The van der Waals surface area contributed by atoms with Crippen molar-refractivity contribution in [3.63, 3.8) is 0 Å². The Labute approximate surface area is 664 Å². The quantitative estimate of drug-likeness (QED) is 0.0638. The average molecular weight is 1560 g/mol. The summed E-state index contributed by atoms with van der Waals surface area (Å²) < 4.78 is 0. The smallest absolute Gasteiger partial charge is 0.134 e. The van der Waals surface area contributed by atoms with Gasteiger partial charge in [-0.1, -0.05) is 187 Å². The molecule has 17 nitrogen and oxygen atoms in total. The summed E-state index contributed by atoms with van der Waals surface area (Å²) in [5, 5.41) is 156. The largest absolute Gasteiger partial charge is 0.508 e. The van der Waals surface area contributed by atoms with E-state index in [0.717, 1.165) is 103 Å². The molecule has 0 aliphatic carbocycles. The van der Waals surface area contributed by atoms with E-state index in [9.17, 15) is 35.7 Å². The molecule has 0 heterocycles. The van der Waals surface area contributed by atoms with Crippen molar-refractivity contribution in [3.05, 3.63) is 328 Å². The van der Waals surface area contributed by atoms with Gasteiger partial charge >= 0.3 is 0 Å². The number of phenolic OH excluding ortho intramolecular Hbond substituents is 17. The van der Waals surface area contributed by atoms with Crippen molar-refractivity contribution < 1.29 is 86.8 Å². The van der Waals surface area contributed by atoms with Crippen molar-refractivity contribution in [1.29, 1.82) is 0 Å². The number of benzene rings is 13. The zero-order chi connectivity index (χ0) is 82.8. The molecular weight excluding hydrogens is 1460 g/mol. The van der Waals surface area contributed by atoms with Gasteiger partial charge in [0, 0.05) is 52.9 Å². The van der Waals surface area contributed by atoms with Crippen molar-refractivity contribution in [1.82, 2.24) is 0 Å². The van der Waals surface area contributed by atoms with Crippen molar-refractivity contribution in [2.75, 3.05) is 0 Å². The third kappa shape index (κ3) is 32.1. The fraction of sp³-hybridized carbons (Fsp3) is 0.161. The lowest BCUT2D eigenvalue weighted by molar-refractivity contribution is 0.444. The molecule has 0 spiro atoms. The number of hydrogen-bond donors (Lipinski definition) is 17. The summed E-state index contributed by atoms with van der Waals surface area (Å²) in [6, 6.07) is 78.0. The van der Waals surface area contributed by atoms with Crippen LogP contribution in [0, 0.1) is 13.8 Å². The van der Waals surface area contributed by atoms with Crippen LogP contribution in [0.1, 0.15) is 100 Å². The highest BCUT2D eigenvalue weighted by atomic mass is 35.5. The van der Waals surface area contributed by atoms with Crippen LogP contribution in [0.3, 0.4) is 0 Å². The Kier molecular flexibility index (Phi) is 35.1. The molecule has 13 aromatic rings. The third-order valence-corrected chi connectivity index (χ3v) is 17.2. The predicted molar refractivity (Wildman–Crippen MR) is 447 cm³/mol. The lowest BCUT2D eigenvalue weighted by atomic mass is 9.78. The van der Waals surface area contributed by atoms with Crippen LogP contribution >= 0.6 is 23.2 Å². The molecule has 112 heavy (non-hydrogen) atoms. The second-order valence-corrected chi connectivity index (χ2v) is 28.1. The van der Waals surface area contributed by atoms with E-state index in [4.69, 9.17) is 74.3 Å². The zero-order valence-corrected chi connectivity index (χ0v) is 65.3. The summed E-state index contributed by atoms with van der Waals surface area (Å²) in [6.45, 7) is 18.1. The van der Waals surface area contributed by atoms with E-state index >= 15 is 0 Å². The van der Waals surface area contributed by atoms with Gasteiger partial charge in [0.15, 0.2) is 0 Å². The first-order valence-corrected chi connectivity index (χ1v) is 36.2. The molecule has 0 unspecified atom stereocenters. The summed E-state index contributed by atoms with van der Waals surface area (Å²) in [7, 11) is 0. The number of aromatic hydroxyl groups is 17. The molecule has 0 fully saturated rings. The molecule has 0 atom stereocenters. The number of halogens is 2. The number of unbranched alkanes of at least 4 members (excludes halogenated alkanes) is 1. The molecule has 19 heteroatoms. The summed E-state index contributed by atoms with van der Waals surface area (Å²) in [5.41, 5.74) is 12.2. The molecule has 13 aromatic carbocycles. The number of aryl methyl sites for hydroxylation is 4. The maximum atomic E-state index is 9.54. The highest BCUT2D eigenvalue weighted by Crippen LogP contribution is 2.37. The maximum Gasteiger partial charge on any atom is 0.134 e. The highest BCUT2D eigenvalue weighted by Gasteiger charge is 2.24. The van der Waals surface area contributed by atoms with E-state index in [2.05, 4.69) is 20.8 Å². The van der Waals surface area contributed by atoms with E-state index in [1.807, 2.05) is 144 Å². The molecule has 0 aromatic heterocycles. The molecule has 13 rings (SSSR count). The van der Waals surface area contributed by atoms with Crippen LogP contribution in [0.4, 0.5) is 0 Å². The van der Waals surface area contributed by atoms with Gasteiger partial charge in [-0.05, 0) is 238 Å². The van der Waals surface area contributed by atoms with Gasteiger partial charge in [-0.25, -0.2) is 0 Å². The van der Waals surface area contributed by atoms with Crippen molar-refractivity contribution >= 4 is 23.2 Å². The first-order chi connectivity index (χ1) is 52.9. The van der Waals surface area contributed by atoms with Crippen LogP contribution in [-0.4, -0.2) is 86.8 Å². The van der Waals surface area contributed by atoms with Gasteiger partial charge in [0.2, 0.25) is 0 Å². The fourth-order valence-corrected chi connectivity index (χ4v) is 10.8. The van der Waals surface area contributed by atoms with Crippen molar-refractivity contribution in [2.45, 2.75) is 98.8 Å². The number of phenols is 17. The first kappa shape index (κ1) is 89.7. The Hall–Kier alpha value is -13.0. The standard InChI is InChI=1S/C15H16O2.C13H10Cl2O.2C12H10O2.2C10H14O2.C8H10O2.C7H8O2.C6H6O2/c1-15(2,11-6-4-3-5-7-11)12-8-13(16)10-14(17)9-12;1-8-2-3-9(6-11(8)14)10-4-5-13(16)12(15)7-10;13-11-5-1-9(2-6-11)10-3-7-12(14)8-4-10;13-11-6-10(7-12(14)8-11)9-4-2-1-3-5-9;1-10(2,3)7-4-8(11)6-9(12)5-7;1-2-3-4-8-5-9(11)7-10(12)6-8;1-2-6-3-7(9)5-8(10)4-6;1-5-2-6(8)4-7(9)3-5;7-5-2-1-3-6(8)4-5/h3-10,16-17H,1-2H3;2-7,16H,1H3;2*1-8,13-14H;4-6,11-12H,1-3H3;5-7,11-12H,2-4H2,1H3;3-5,9-10H,2H2,1H3;2-4,8-9H,1H3;1-4,7-8H. The van der Waals surface area contributed by atoms with Gasteiger partial charge in [-0.3, -0.25) is 0 Å². The van der Waals surface area contributed by atoms with Crippen LogP contribution in [0.2, 0.25) is 10.0 Å². The minimum absolute atomic E-state index is 0.0454. The SMILES string of the molecule is CC(C)(C)c1cc(O)cc(O)c1.CC(C)(c1ccccc1)c1cc(O)cc(O)c1.CCCCc1cc(O)cc(O)c1.CCc1cc(O)cc(O)c1.Cc1cc(O)cc(O)c1.Cc1ccc(-c2ccc(O)c(Cl)c2)cc1Cl.Oc1cc(O)cc(-c2ccccc2)c1.Oc1ccc(-c2ccc(O)cc2)cc1.Oc1cccc(O)c1. The summed E-state index contributed by atoms with van der Waals surface area (Å²) >= 11 is 11.9. The van der Waals surface area contributed by atoms with Crippen LogP contribution < -0.4 is 0 Å². The predicted octanol–water partition coefficient (Wildman–Crippen LogP) is 22.6. The lowest BCUT2D eigenvalue weighted by Crippen LogP contribution is -2.18. The normalized spacial score (nSPS) is 10.3. The van der Waals surface area contributed by atoms with E-state index < -0.39 is 0 Å².